The lowest BCUT2D eigenvalue weighted by Gasteiger charge is -2.34. The van der Waals surface area contributed by atoms with E-state index in [-0.39, 0.29) is 6.04 Å². The molecule has 2 heterocycles. The molecule has 5 nitrogen and oxygen atoms in total. The van der Waals surface area contributed by atoms with Gasteiger partial charge in [0.25, 0.3) is 0 Å². The normalized spacial score (nSPS) is 25.5. The van der Waals surface area contributed by atoms with Crippen molar-refractivity contribution in [1.29, 1.82) is 0 Å². The summed E-state index contributed by atoms with van der Waals surface area (Å²) in [7, 11) is 0. The van der Waals surface area contributed by atoms with E-state index in [1.165, 1.54) is 18.4 Å². The van der Waals surface area contributed by atoms with Gasteiger partial charge < -0.3 is 5.32 Å². The maximum absolute atomic E-state index is 4.35. The van der Waals surface area contributed by atoms with Gasteiger partial charge in [-0.2, -0.15) is 0 Å². The van der Waals surface area contributed by atoms with Crippen LogP contribution in [0.5, 0.6) is 0 Å². The topological polar surface area (TPSA) is 61.5 Å². The van der Waals surface area contributed by atoms with Crippen molar-refractivity contribution in [3.05, 3.63) is 35.4 Å². The quantitative estimate of drug-likeness (QED) is 0.852. The highest BCUT2D eigenvalue weighted by Gasteiger charge is 2.45. The molecule has 94 valence electrons. The van der Waals surface area contributed by atoms with Crippen LogP contribution in [0.3, 0.4) is 0 Å². The van der Waals surface area contributed by atoms with E-state index in [0.29, 0.717) is 0 Å². The molecule has 18 heavy (non-hydrogen) atoms. The molecule has 1 fully saturated rings. The fourth-order valence-corrected chi connectivity index (χ4v) is 2.81. The molecule has 0 aromatic heterocycles. The Labute approximate surface area is 106 Å². The first-order chi connectivity index (χ1) is 8.83. The Bertz CT molecular complexity index is 476. The molecular formula is C13H17N5. The Morgan fingerprint density at radius 2 is 1.94 bits per heavy atom. The maximum Gasteiger partial charge on any atom is 0.235 e. The van der Waals surface area contributed by atoms with Crippen LogP contribution in [0.25, 0.3) is 0 Å². The van der Waals surface area contributed by atoms with Crippen LogP contribution < -0.4 is 5.32 Å². The van der Waals surface area contributed by atoms with Crippen LogP contribution in [0, 0.1) is 6.92 Å². The molecule has 0 aliphatic carbocycles. The van der Waals surface area contributed by atoms with Gasteiger partial charge in [-0.25, -0.2) is 0 Å². The van der Waals surface area contributed by atoms with Crippen molar-refractivity contribution in [3.8, 4) is 0 Å². The van der Waals surface area contributed by atoms with Crippen LogP contribution in [-0.4, -0.2) is 12.6 Å². The molecule has 1 aromatic rings. The molecule has 1 atom stereocenters. The van der Waals surface area contributed by atoms with E-state index in [2.05, 4.69) is 45.0 Å². The standard InChI is InChI=1S/C13H17N5/c1-10-6-2-3-7-11(10)13(15-17-18-16-13)12-8-4-5-9-14-12/h2-3,6-7,12,14H,4-5,8-9H2,1H3. The molecule has 0 saturated carbocycles. The van der Waals surface area contributed by atoms with Gasteiger partial charge in [0.1, 0.15) is 0 Å². The summed E-state index contributed by atoms with van der Waals surface area (Å²) in [6.07, 6.45) is 3.48. The van der Waals surface area contributed by atoms with Crippen LogP contribution >= 0.6 is 0 Å². The zero-order valence-corrected chi connectivity index (χ0v) is 10.5. The molecule has 0 spiro atoms. The van der Waals surface area contributed by atoms with Crippen LogP contribution in [0.2, 0.25) is 0 Å². The van der Waals surface area contributed by atoms with Gasteiger partial charge in [-0.3, -0.25) is 0 Å². The minimum atomic E-state index is -0.647. The highest BCUT2D eigenvalue weighted by molar-refractivity contribution is 5.34. The van der Waals surface area contributed by atoms with Crippen molar-refractivity contribution in [3.63, 3.8) is 0 Å². The average Bonchev–Trinajstić information content (AvgIpc) is 2.91. The third kappa shape index (κ3) is 1.75. The average molecular weight is 243 g/mol. The summed E-state index contributed by atoms with van der Waals surface area (Å²) in [6.45, 7) is 3.10. The summed E-state index contributed by atoms with van der Waals surface area (Å²) < 4.78 is 0. The summed E-state index contributed by atoms with van der Waals surface area (Å²) in [5.74, 6) is 0. The van der Waals surface area contributed by atoms with E-state index in [9.17, 15) is 0 Å². The lowest BCUT2D eigenvalue weighted by molar-refractivity contribution is 0.258. The minimum absolute atomic E-state index is 0.197. The monoisotopic (exact) mass is 243 g/mol. The third-order valence-electron chi connectivity index (χ3n) is 3.77. The summed E-state index contributed by atoms with van der Waals surface area (Å²) in [5, 5.41) is 19.8. The van der Waals surface area contributed by atoms with Crippen LogP contribution in [0.1, 0.15) is 30.4 Å². The number of nitrogens with one attached hydrogen (secondary N) is 1. The van der Waals surface area contributed by atoms with Crippen molar-refractivity contribution >= 4 is 0 Å². The van der Waals surface area contributed by atoms with Gasteiger partial charge in [0.05, 0.1) is 6.04 Å². The van der Waals surface area contributed by atoms with E-state index in [1.807, 2.05) is 12.1 Å². The van der Waals surface area contributed by atoms with Gasteiger partial charge >= 0.3 is 0 Å². The fraction of sp³-hybridized carbons (Fsp3) is 0.538. The molecule has 2 aliphatic heterocycles. The number of rotatable bonds is 2. The second kappa shape index (κ2) is 4.57. The number of piperidine rings is 1. The highest BCUT2D eigenvalue weighted by atomic mass is 15.6. The molecule has 5 heteroatoms. The summed E-state index contributed by atoms with van der Waals surface area (Å²) in [5.41, 5.74) is 1.64. The molecule has 0 radical (unpaired) electrons. The Hall–Kier alpha value is -1.62. The van der Waals surface area contributed by atoms with Crippen molar-refractivity contribution in [2.45, 2.75) is 37.9 Å². The van der Waals surface area contributed by atoms with Crippen LogP contribution in [0.4, 0.5) is 0 Å². The first-order valence-electron chi connectivity index (χ1n) is 6.46. The lowest BCUT2D eigenvalue weighted by atomic mass is 9.85. The number of aryl methyl sites for hydroxylation is 1. The van der Waals surface area contributed by atoms with E-state index in [0.717, 1.165) is 18.5 Å². The number of hydrogen-bond acceptors (Lipinski definition) is 5. The van der Waals surface area contributed by atoms with Gasteiger partial charge in [0, 0.05) is 5.56 Å². The largest absolute Gasteiger partial charge is 0.310 e. The third-order valence-corrected chi connectivity index (χ3v) is 3.77. The van der Waals surface area contributed by atoms with E-state index in [4.69, 9.17) is 0 Å². The van der Waals surface area contributed by atoms with Gasteiger partial charge in [0.2, 0.25) is 5.66 Å². The maximum atomic E-state index is 4.35. The fourth-order valence-electron chi connectivity index (χ4n) is 2.81. The highest BCUT2D eigenvalue weighted by Crippen LogP contribution is 2.39. The first-order valence-corrected chi connectivity index (χ1v) is 6.46. The Kier molecular flexibility index (Phi) is 2.91. The SMILES string of the molecule is Cc1ccccc1C1(C2CCCCN2)N=NN=N1. The summed E-state index contributed by atoms with van der Waals surface area (Å²) in [6, 6.07) is 8.42. The van der Waals surface area contributed by atoms with Crippen molar-refractivity contribution < 1.29 is 0 Å². The van der Waals surface area contributed by atoms with Crippen molar-refractivity contribution in [2.24, 2.45) is 20.7 Å². The Morgan fingerprint density at radius 3 is 2.61 bits per heavy atom. The van der Waals surface area contributed by atoms with Gasteiger partial charge in [0.15, 0.2) is 0 Å². The van der Waals surface area contributed by atoms with Gasteiger partial charge in [-0.05, 0) is 42.3 Å². The molecule has 2 aliphatic rings. The smallest absolute Gasteiger partial charge is 0.235 e. The molecule has 0 amide bonds. The lowest BCUT2D eigenvalue weighted by Crippen LogP contribution is -2.48. The number of hydrogen-bond donors (Lipinski definition) is 1. The van der Waals surface area contributed by atoms with Crippen molar-refractivity contribution in [2.75, 3.05) is 6.54 Å². The van der Waals surface area contributed by atoms with E-state index < -0.39 is 5.66 Å². The zero-order chi connectivity index (χ0) is 12.4. The second-order valence-corrected chi connectivity index (χ2v) is 4.92. The van der Waals surface area contributed by atoms with Crippen molar-refractivity contribution in [1.82, 2.24) is 5.32 Å². The minimum Gasteiger partial charge on any atom is -0.310 e. The summed E-state index contributed by atoms with van der Waals surface area (Å²) in [4.78, 5) is 0. The van der Waals surface area contributed by atoms with Crippen LogP contribution in [0.15, 0.2) is 44.9 Å². The van der Waals surface area contributed by atoms with Gasteiger partial charge in [-0.1, -0.05) is 30.7 Å². The molecule has 1 unspecified atom stereocenters. The number of nitrogens with zero attached hydrogens (tertiary/aromatic N) is 4. The molecule has 3 rings (SSSR count). The first kappa shape index (κ1) is 11.5. The molecule has 1 aromatic carbocycles. The predicted molar refractivity (Wildman–Crippen MR) is 68.2 cm³/mol. The van der Waals surface area contributed by atoms with E-state index >= 15 is 0 Å². The molecular weight excluding hydrogens is 226 g/mol. The second-order valence-electron chi connectivity index (χ2n) is 4.92. The van der Waals surface area contributed by atoms with Gasteiger partial charge in [-0.15, -0.1) is 10.2 Å². The Morgan fingerprint density at radius 1 is 1.17 bits per heavy atom. The predicted octanol–water partition coefficient (Wildman–Crippen LogP) is 3.12. The van der Waals surface area contributed by atoms with Crippen LogP contribution in [-0.2, 0) is 5.66 Å². The summed E-state index contributed by atoms with van der Waals surface area (Å²) >= 11 is 0. The zero-order valence-electron chi connectivity index (χ0n) is 10.5. The van der Waals surface area contributed by atoms with E-state index in [1.54, 1.807) is 0 Å². The molecule has 0 bridgehead atoms. The Balaban J connectivity index is 2.04. The molecule has 1 saturated heterocycles. The number of benzene rings is 1. The molecule has 1 N–H and O–H groups in total.